The lowest BCUT2D eigenvalue weighted by atomic mass is 10.1. The third-order valence-corrected chi connectivity index (χ3v) is 4.34. The van der Waals surface area contributed by atoms with Crippen LogP contribution in [0.1, 0.15) is 24.4 Å². The molecule has 0 saturated heterocycles. The van der Waals surface area contributed by atoms with Gasteiger partial charge in [-0.05, 0) is 44.6 Å². The summed E-state index contributed by atoms with van der Waals surface area (Å²) in [4.78, 5) is 8.72. The van der Waals surface area contributed by atoms with Gasteiger partial charge in [-0.2, -0.15) is 0 Å². The molecule has 1 atom stereocenters. The van der Waals surface area contributed by atoms with Crippen LogP contribution in [-0.2, 0) is 0 Å². The molecule has 0 fully saturated rings. The van der Waals surface area contributed by atoms with E-state index in [1.807, 2.05) is 25.3 Å². The minimum atomic E-state index is 0. The predicted molar refractivity (Wildman–Crippen MR) is 125 cm³/mol. The van der Waals surface area contributed by atoms with E-state index in [1.54, 1.807) is 14.2 Å². The highest BCUT2D eigenvalue weighted by Crippen LogP contribution is 2.31. The van der Waals surface area contributed by atoms with Crippen molar-refractivity contribution in [1.82, 2.24) is 15.1 Å². The molecule has 0 heterocycles. The monoisotopic (exact) mass is 490 g/mol. The second-order valence-corrected chi connectivity index (χ2v) is 6.37. The van der Waals surface area contributed by atoms with Crippen LogP contribution in [0.5, 0.6) is 11.5 Å². The Morgan fingerprint density at radius 1 is 1.22 bits per heavy atom. The molecule has 0 bridgehead atoms. The third kappa shape index (κ3) is 7.96. The molecule has 1 aromatic carbocycles. The van der Waals surface area contributed by atoms with Gasteiger partial charge in [0, 0.05) is 27.2 Å². The zero-order valence-electron chi connectivity index (χ0n) is 17.5. The Morgan fingerprint density at radius 2 is 1.89 bits per heavy atom. The number of guanidine groups is 1. The zero-order valence-corrected chi connectivity index (χ0v) is 19.8. The summed E-state index contributed by atoms with van der Waals surface area (Å²) in [6.45, 7) is 5.45. The smallest absolute Gasteiger partial charge is 0.193 e. The number of unbranched alkanes of at least 4 members (excludes halogenated alkanes) is 1. The minimum Gasteiger partial charge on any atom is -0.493 e. The van der Waals surface area contributed by atoms with Crippen molar-refractivity contribution in [3.05, 3.63) is 36.4 Å². The highest BCUT2D eigenvalue weighted by Gasteiger charge is 2.18. The Balaban J connectivity index is 0.00000676. The molecule has 1 rings (SSSR count). The molecule has 154 valence electrons. The summed E-state index contributed by atoms with van der Waals surface area (Å²) in [6, 6.07) is 6.22. The third-order valence-electron chi connectivity index (χ3n) is 4.34. The number of hydrogen-bond acceptors (Lipinski definition) is 4. The molecule has 0 amide bonds. The largest absolute Gasteiger partial charge is 0.493 e. The normalized spacial score (nSPS) is 12.2. The molecule has 0 saturated carbocycles. The average molecular weight is 490 g/mol. The standard InChI is InChI=1S/C20H34N4O2.HI/c1-8-9-10-13-24(5)20(21-2)22-15-17(23(3)4)16-11-12-18(25-6)19(14-16)26-7;/h8,11-12,14,17H,1,9-10,13,15H2,2-7H3,(H,21,22);1H. The Bertz CT molecular complexity index is 593. The van der Waals surface area contributed by atoms with E-state index in [-0.39, 0.29) is 30.0 Å². The number of hydrogen-bond donors (Lipinski definition) is 1. The number of methoxy groups -OCH3 is 2. The average Bonchev–Trinajstić information content (AvgIpc) is 2.64. The number of nitrogens with one attached hydrogen (secondary N) is 1. The van der Waals surface area contributed by atoms with Crippen molar-refractivity contribution < 1.29 is 9.47 Å². The van der Waals surface area contributed by atoms with Gasteiger partial charge in [-0.1, -0.05) is 12.1 Å². The second kappa shape index (κ2) is 13.7. The van der Waals surface area contributed by atoms with Gasteiger partial charge in [0.05, 0.1) is 20.3 Å². The number of nitrogens with zero attached hydrogens (tertiary/aromatic N) is 3. The van der Waals surface area contributed by atoms with Gasteiger partial charge < -0.3 is 24.6 Å². The van der Waals surface area contributed by atoms with Gasteiger partial charge in [0.2, 0.25) is 0 Å². The van der Waals surface area contributed by atoms with E-state index in [4.69, 9.17) is 9.47 Å². The van der Waals surface area contributed by atoms with E-state index in [0.29, 0.717) is 0 Å². The number of halogens is 1. The number of ether oxygens (including phenoxy) is 2. The predicted octanol–water partition coefficient (Wildman–Crippen LogP) is 3.40. The van der Waals surface area contributed by atoms with Gasteiger partial charge in [0.25, 0.3) is 0 Å². The molecule has 0 aliphatic carbocycles. The fourth-order valence-electron chi connectivity index (χ4n) is 2.81. The number of likely N-dealkylation sites (N-methyl/N-ethyl adjacent to an activating group) is 1. The van der Waals surface area contributed by atoms with Crippen LogP contribution in [0, 0.1) is 0 Å². The maximum atomic E-state index is 5.44. The maximum absolute atomic E-state index is 5.44. The summed E-state index contributed by atoms with van der Waals surface area (Å²) in [6.07, 6.45) is 4.02. The van der Waals surface area contributed by atoms with Crippen molar-refractivity contribution in [1.29, 1.82) is 0 Å². The molecule has 0 aliphatic rings. The van der Waals surface area contributed by atoms with Crippen LogP contribution in [0.25, 0.3) is 0 Å². The lowest BCUT2D eigenvalue weighted by molar-refractivity contribution is 0.293. The topological polar surface area (TPSA) is 49.3 Å². The van der Waals surface area contributed by atoms with E-state index in [1.165, 1.54) is 0 Å². The van der Waals surface area contributed by atoms with Gasteiger partial charge in [0.1, 0.15) is 0 Å². The van der Waals surface area contributed by atoms with Crippen molar-refractivity contribution in [2.75, 3.05) is 55.5 Å². The molecular formula is C20H35IN4O2. The van der Waals surface area contributed by atoms with Gasteiger partial charge >= 0.3 is 0 Å². The first-order valence-corrected chi connectivity index (χ1v) is 8.89. The molecule has 0 aliphatic heterocycles. The number of benzene rings is 1. The van der Waals surface area contributed by atoms with E-state index >= 15 is 0 Å². The Morgan fingerprint density at radius 3 is 2.41 bits per heavy atom. The van der Waals surface area contributed by atoms with Gasteiger partial charge in [-0.3, -0.25) is 4.99 Å². The summed E-state index contributed by atoms with van der Waals surface area (Å²) < 4.78 is 10.8. The van der Waals surface area contributed by atoms with Crippen molar-refractivity contribution in [3.8, 4) is 11.5 Å². The molecule has 0 aromatic heterocycles. The van der Waals surface area contributed by atoms with Crippen LogP contribution in [0.2, 0.25) is 0 Å². The van der Waals surface area contributed by atoms with Crippen molar-refractivity contribution in [2.24, 2.45) is 4.99 Å². The first-order valence-electron chi connectivity index (χ1n) is 8.89. The van der Waals surface area contributed by atoms with Crippen molar-refractivity contribution in [2.45, 2.75) is 18.9 Å². The molecule has 1 N–H and O–H groups in total. The van der Waals surface area contributed by atoms with Crippen LogP contribution in [0.15, 0.2) is 35.8 Å². The minimum absolute atomic E-state index is 0. The molecule has 27 heavy (non-hydrogen) atoms. The summed E-state index contributed by atoms with van der Waals surface area (Å²) >= 11 is 0. The quantitative estimate of drug-likeness (QED) is 0.179. The first-order chi connectivity index (χ1) is 12.5. The number of rotatable bonds is 10. The summed E-state index contributed by atoms with van der Waals surface area (Å²) in [5.74, 6) is 2.36. The van der Waals surface area contributed by atoms with Gasteiger partial charge in [0.15, 0.2) is 17.5 Å². The fourth-order valence-corrected chi connectivity index (χ4v) is 2.81. The second-order valence-electron chi connectivity index (χ2n) is 6.37. The zero-order chi connectivity index (χ0) is 19.5. The van der Waals surface area contributed by atoms with E-state index in [2.05, 4.69) is 53.9 Å². The van der Waals surface area contributed by atoms with E-state index in [0.717, 1.165) is 49.0 Å². The number of aliphatic imine (C=N–C) groups is 1. The molecule has 1 aromatic rings. The molecule has 0 radical (unpaired) electrons. The van der Waals surface area contributed by atoms with Crippen LogP contribution in [0.4, 0.5) is 0 Å². The van der Waals surface area contributed by atoms with E-state index < -0.39 is 0 Å². The maximum Gasteiger partial charge on any atom is 0.193 e. The van der Waals surface area contributed by atoms with Gasteiger partial charge in [-0.25, -0.2) is 0 Å². The van der Waals surface area contributed by atoms with Crippen LogP contribution >= 0.6 is 24.0 Å². The van der Waals surface area contributed by atoms with Crippen LogP contribution < -0.4 is 14.8 Å². The fraction of sp³-hybridized carbons (Fsp3) is 0.550. The van der Waals surface area contributed by atoms with Gasteiger partial charge in [-0.15, -0.1) is 30.6 Å². The Hall–Kier alpha value is -1.48. The molecule has 0 spiro atoms. The summed E-state index contributed by atoms with van der Waals surface area (Å²) in [7, 11) is 11.3. The van der Waals surface area contributed by atoms with Crippen LogP contribution in [-0.4, -0.2) is 71.3 Å². The first kappa shape index (κ1) is 25.5. The summed E-state index contributed by atoms with van der Waals surface area (Å²) in [5.41, 5.74) is 1.16. The molecule has 7 heteroatoms. The highest BCUT2D eigenvalue weighted by molar-refractivity contribution is 14.0. The van der Waals surface area contributed by atoms with E-state index in [9.17, 15) is 0 Å². The van der Waals surface area contributed by atoms with Crippen molar-refractivity contribution in [3.63, 3.8) is 0 Å². The molecule has 6 nitrogen and oxygen atoms in total. The molecular weight excluding hydrogens is 455 g/mol. The van der Waals surface area contributed by atoms with Crippen molar-refractivity contribution >= 4 is 29.9 Å². The highest BCUT2D eigenvalue weighted by atomic mass is 127. The van der Waals surface area contributed by atoms with Crippen LogP contribution in [0.3, 0.4) is 0 Å². The Kier molecular flexibility index (Phi) is 12.9. The Labute approximate surface area is 181 Å². The molecule has 1 unspecified atom stereocenters. The number of allylic oxidation sites excluding steroid dienone is 1. The SMILES string of the molecule is C=CCCCN(C)C(=NC)NCC(c1ccc(OC)c(OC)c1)N(C)C.I. The lowest BCUT2D eigenvalue weighted by Crippen LogP contribution is -2.43. The lowest BCUT2D eigenvalue weighted by Gasteiger charge is -2.28. The summed E-state index contributed by atoms with van der Waals surface area (Å²) in [5, 5.41) is 3.48.